The van der Waals surface area contributed by atoms with Crippen LogP contribution in [0.3, 0.4) is 0 Å². The van der Waals surface area contributed by atoms with Crippen molar-refractivity contribution in [3.63, 3.8) is 0 Å². The van der Waals surface area contributed by atoms with Gasteiger partial charge in [-0.15, -0.1) is 0 Å². The number of halogens is 2. The molecule has 3 aromatic carbocycles. The van der Waals surface area contributed by atoms with E-state index in [1.54, 1.807) is 24.7 Å². The van der Waals surface area contributed by atoms with Gasteiger partial charge in [-0.2, -0.15) is 0 Å². The van der Waals surface area contributed by atoms with Crippen LogP contribution >= 0.6 is 34.5 Å². The second kappa shape index (κ2) is 13.1. The smallest absolute Gasteiger partial charge is 0.338 e. The van der Waals surface area contributed by atoms with Crippen molar-refractivity contribution in [2.45, 2.75) is 39.3 Å². The highest BCUT2D eigenvalue weighted by molar-refractivity contribution is 7.07. The van der Waals surface area contributed by atoms with Gasteiger partial charge in [0.25, 0.3) is 5.56 Å². The van der Waals surface area contributed by atoms with E-state index in [1.165, 1.54) is 11.3 Å². The number of rotatable bonds is 9. The molecule has 1 aliphatic heterocycles. The molecule has 0 saturated heterocycles. The summed E-state index contributed by atoms with van der Waals surface area (Å²) in [5, 5.41) is 2.02. The van der Waals surface area contributed by atoms with Crippen LogP contribution in [-0.2, 0) is 16.1 Å². The topological polar surface area (TPSA) is 74.8 Å². The highest BCUT2D eigenvalue weighted by Gasteiger charge is 2.34. The first-order valence-electron chi connectivity index (χ1n) is 14.7. The molecule has 0 fully saturated rings. The molecule has 5 aromatic rings. The number of benzene rings is 3. The van der Waals surface area contributed by atoms with Gasteiger partial charge in [0.1, 0.15) is 5.75 Å². The predicted molar refractivity (Wildman–Crippen MR) is 180 cm³/mol. The molecule has 0 radical (unpaired) electrons. The molecular formula is C35H31Cl2N3O4S. The van der Waals surface area contributed by atoms with E-state index in [9.17, 15) is 9.59 Å². The number of para-hydroxylation sites is 1. The summed E-state index contributed by atoms with van der Waals surface area (Å²) >= 11 is 13.8. The maximum atomic E-state index is 14.3. The molecule has 0 amide bonds. The summed E-state index contributed by atoms with van der Waals surface area (Å²) in [4.78, 5) is 33.2. The number of hydrogen-bond donors (Lipinski definition) is 0. The molecule has 230 valence electrons. The number of carbonyl (C=O) groups is 1. The quantitative estimate of drug-likeness (QED) is 0.161. The normalized spacial score (nSPS) is 14.9. The van der Waals surface area contributed by atoms with Crippen LogP contribution in [-0.4, -0.2) is 28.8 Å². The van der Waals surface area contributed by atoms with Crippen molar-refractivity contribution in [1.29, 1.82) is 0 Å². The molecule has 0 N–H and O–H groups in total. The van der Waals surface area contributed by atoms with Gasteiger partial charge in [-0.1, -0.05) is 84.3 Å². The fourth-order valence-corrected chi connectivity index (χ4v) is 7.08. The van der Waals surface area contributed by atoms with Gasteiger partial charge >= 0.3 is 5.97 Å². The molecule has 0 spiro atoms. The molecule has 10 heteroatoms. The lowest BCUT2D eigenvalue weighted by molar-refractivity contribution is -0.139. The van der Waals surface area contributed by atoms with Gasteiger partial charge in [-0.05, 0) is 60.9 Å². The number of methoxy groups -OCH3 is 1. The molecule has 0 saturated carbocycles. The van der Waals surface area contributed by atoms with Crippen LogP contribution in [0.1, 0.15) is 49.4 Å². The number of esters is 1. The van der Waals surface area contributed by atoms with Crippen molar-refractivity contribution in [3.8, 4) is 5.75 Å². The Balaban J connectivity index is 1.53. The molecule has 3 heterocycles. The number of hydrogen-bond acceptors (Lipinski definition) is 6. The summed E-state index contributed by atoms with van der Waals surface area (Å²) in [5.41, 5.74) is 4.44. The fourth-order valence-electron chi connectivity index (χ4n) is 5.74. The Morgan fingerprint density at radius 2 is 1.87 bits per heavy atom. The maximum Gasteiger partial charge on any atom is 0.338 e. The van der Waals surface area contributed by atoms with Crippen LogP contribution in [0.15, 0.2) is 94.0 Å². The molecular weight excluding hydrogens is 629 g/mol. The minimum absolute atomic E-state index is 0.212. The number of nitrogens with zero attached hydrogens (tertiary/aromatic N) is 3. The number of ether oxygens (including phenoxy) is 2. The Labute approximate surface area is 274 Å². The molecule has 0 bridgehead atoms. The number of fused-ring (bicyclic) bond motifs is 2. The lowest BCUT2D eigenvalue weighted by atomic mass is 9.94. The summed E-state index contributed by atoms with van der Waals surface area (Å²) in [5.74, 6) is 0.152. The first-order valence-corrected chi connectivity index (χ1v) is 16.3. The van der Waals surface area contributed by atoms with Crippen molar-refractivity contribution in [3.05, 3.63) is 131 Å². The number of carbonyl (C=O) groups excluding carboxylic acids is 1. The molecule has 45 heavy (non-hydrogen) atoms. The van der Waals surface area contributed by atoms with E-state index in [-0.39, 0.29) is 12.2 Å². The number of thiazole rings is 1. The van der Waals surface area contributed by atoms with Crippen LogP contribution in [0.5, 0.6) is 5.75 Å². The highest BCUT2D eigenvalue weighted by Crippen LogP contribution is 2.34. The van der Waals surface area contributed by atoms with Crippen molar-refractivity contribution in [2.24, 2.45) is 4.99 Å². The minimum atomic E-state index is -0.713. The summed E-state index contributed by atoms with van der Waals surface area (Å²) in [6, 6.07) is 20.4. The summed E-state index contributed by atoms with van der Waals surface area (Å²) in [6.07, 6.45) is 5.30. The van der Waals surface area contributed by atoms with E-state index < -0.39 is 12.0 Å². The van der Waals surface area contributed by atoms with E-state index in [1.807, 2.05) is 73.8 Å². The average Bonchev–Trinajstić information content (AvgIpc) is 3.54. The van der Waals surface area contributed by atoms with Crippen molar-refractivity contribution >= 4 is 57.5 Å². The third-order valence-electron chi connectivity index (χ3n) is 7.74. The zero-order valence-electron chi connectivity index (χ0n) is 25.1. The average molecular weight is 661 g/mol. The first-order chi connectivity index (χ1) is 21.8. The molecule has 2 aromatic heterocycles. The van der Waals surface area contributed by atoms with Gasteiger partial charge in [0.15, 0.2) is 4.80 Å². The second-order valence-corrected chi connectivity index (χ2v) is 12.5. The summed E-state index contributed by atoms with van der Waals surface area (Å²) < 4.78 is 15.3. The second-order valence-electron chi connectivity index (χ2n) is 10.7. The van der Waals surface area contributed by atoms with Crippen molar-refractivity contribution < 1.29 is 14.3 Å². The van der Waals surface area contributed by atoms with Crippen molar-refractivity contribution in [1.82, 2.24) is 9.13 Å². The molecule has 7 nitrogen and oxygen atoms in total. The Bertz CT molecular complexity index is 2140. The van der Waals surface area contributed by atoms with E-state index in [4.69, 9.17) is 37.7 Å². The number of allylic oxidation sites excluding steroid dienone is 1. The largest absolute Gasteiger partial charge is 0.497 e. The molecule has 6 rings (SSSR count). The zero-order valence-corrected chi connectivity index (χ0v) is 27.4. The molecule has 1 atom stereocenters. The van der Waals surface area contributed by atoms with E-state index in [0.717, 1.165) is 34.0 Å². The molecule has 0 unspecified atom stereocenters. The minimum Gasteiger partial charge on any atom is -0.497 e. The SMILES string of the molecule is CCCC1=C(C(=O)OCC)[C@H](c2cccc(OC)c2)n2c(s/c(=C/c3cn(Cc4ccc(Cl)c(Cl)c4)c4ccccc34)c2=O)=N1. The van der Waals surface area contributed by atoms with Crippen LogP contribution in [0.2, 0.25) is 10.0 Å². The Kier molecular flexibility index (Phi) is 8.99. The standard InChI is InChI=1S/C35H31Cl2N3O4S/c1-4-9-28-31(34(42)44-5-2)32(22-10-8-11-24(17-22)43-3)40-33(41)30(45-35(40)38-28)18-23-20-39(29-13-7-6-12-25(23)29)19-21-14-15-26(36)27(37)16-21/h6-8,10-18,20,32H,4-5,9,19H2,1-3H3/b30-18+/t32-/m0/s1. The van der Waals surface area contributed by atoms with E-state index >= 15 is 0 Å². The monoisotopic (exact) mass is 659 g/mol. The number of aromatic nitrogens is 2. The van der Waals surface area contributed by atoms with Gasteiger partial charge < -0.3 is 14.0 Å². The molecule has 0 aliphatic carbocycles. The Morgan fingerprint density at radius 3 is 2.62 bits per heavy atom. The van der Waals surface area contributed by atoms with Gasteiger partial charge in [-0.3, -0.25) is 9.36 Å². The van der Waals surface area contributed by atoms with E-state index in [2.05, 4.69) is 10.6 Å². The van der Waals surface area contributed by atoms with Crippen LogP contribution in [0, 0.1) is 0 Å². The van der Waals surface area contributed by atoms with Crippen LogP contribution in [0.25, 0.3) is 17.0 Å². The predicted octanol–water partition coefficient (Wildman–Crippen LogP) is 6.90. The lowest BCUT2D eigenvalue weighted by Gasteiger charge is -2.26. The van der Waals surface area contributed by atoms with Gasteiger partial charge in [0.2, 0.25) is 0 Å². The van der Waals surface area contributed by atoms with E-state index in [0.29, 0.717) is 49.4 Å². The zero-order chi connectivity index (χ0) is 31.7. The summed E-state index contributed by atoms with van der Waals surface area (Å²) in [7, 11) is 1.59. The maximum absolute atomic E-state index is 14.3. The van der Waals surface area contributed by atoms with Gasteiger partial charge in [0, 0.05) is 29.2 Å². The van der Waals surface area contributed by atoms with Crippen LogP contribution in [0.4, 0.5) is 0 Å². The van der Waals surface area contributed by atoms with Gasteiger partial charge in [0.05, 0.1) is 45.6 Å². The molecule has 1 aliphatic rings. The summed E-state index contributed by atoms with van der Waals surface area (Å²) in [6.45, 7) is 4.59. The van der Waals surface area contributed by atoms with Crippen molar-refractivity contribution in [2.75, 3.05) is 13.7 Å². The first kappa shape index (κ1) is 30.9. The third kappa shape index (κ3) is 5.98. The Hall–Kier alpha value is -4.11. The third-order valence-corrected chi connectivity index (χ3v) is 9.47. The Morgan fingerprint density at radius 1 is 1.04 bits per heavy atom. The highest BCUT2D eigenvalue weighted by atomic mass is 35.5. The van der Waals surface area contributed by atoms with Gasteiger partial charge in [-0.25, -0.2) is 9.79 Å². The lowest BCUT2D eigenvalue weighted by Crippen LogP contribution is -2.40. The van der Waals surface area contributed by atoms with Crippen LogP contribution < -0.4 is 19.6 Å². The fraction of sp³-hybridized carbons (Fsp3) is 0.229.